The molecule has 1 aliphatic carbocycles. The zero-order valence-electron chi connectivity index (χ0n) is 82.2. The van der Waals surface area contributed by atoms with E-state index in [0.717, 1.165) is 79.4 Å². The van der Waals surface area contributed by atoms with Crippen LogP contribution in [0.4, 0.5) is 70.2 Å². The Bertz CT molecular complexity index is 5830. The fourth-order valence-electron chi connectivity index (χ4n) is 17.2. The lowest BCUT2D eigenvalue weighted by Gasteiger charge is -2.33. The number of aryl methyl sites for hydroxylation is 3. The average Bonchev–Trinajstić information content (AvgIpc) is 0.806. The third kappa shape index (κ3) is 29.3. The maximum absolute atomic E-state index is 14.4. The second kappa shape index (κ2) is 53.9. The summed E-state index contributed by atoms with van der Waals surface area (Å²) < 4.78 is 272. The van der Waals surface area contributed by atoms with Crippen LogP contribution < -0.4 is 28.4 Å². The van der Waals surface area contributed by atoms with Crippen molar-refractivity contribution in [2.75, 3.05) is 59.5 Å². The zero-order chi connectivity index (χ0) is 102. The van der Waals surface area contributed by atoms with Crippen LogP contribution in [-0.2, 0) is 26.6 Å². The number of hydrogen-bond donors (Lipinski definition) is 0. The summed E-state index contributed by atoms with van der Waals surface area (Å²) in [7, 11) is 0. The van der Waals surface area contributed by atoms with E-state index >= 15 is 0 Å². The van der Waals surface area contributed by atoms with Gasteiger partial charge in [0.2, 0.25) is 34.9 Å². The van der Waals surface area contributed by atoms with Gasteiger partial charge in [-0.15, -0.1) is 0 Å². The lowest BCUT2D eigenvalue weighted by Crippen LogP contribution is -2.30. The van der Waals surface area contributed by atoms with Gasteiger partial charge in [0, 0.05) is 69.2 Å². The molecule has 2 aliphatic heterocycles. The first kappa shape index (κ1) is 111. The fraction of sp³-hybridized carbons (Fsp3) is 0.379. The second-order valence-corrected chi connectivity index (χ2v) is 34.7. The van der Waals surface area contributed by atoms with Crippen LogP contribution in [0, 0.1) is 101 Å². The smallest absolute Gasteiger partial charge is 0.273 e. The Balaban J connectivity index is 0.000000175. The second-order valence-electron chi connectivity index (χ2n) is 34.7. The van der Waals surface area contributed by atoms with Gasteiger partial charge in [0.25, 0.3) is 11.8 Å². The molecule has 0 spiro atoms. The van der Waals surface area contributed by atoms with E-state index in [0.29, 0.717) is 91.1 Å². The van der Waals surface area contributed by atoms with Crippen molar-refractivity contribution in [2.45, 2.75) is 210 Å². The van der Waals surface area contributed by atoms with E-state index < -0.39 is 93.9 Å². The molecule has 3 aliphatic rings. The van der Waals surface area contributed by atoms with Crippen LogP contribution in [-0.4, -0.2) is 65.4 Å². The number of ether oxygens (including phenoxy) is 9. The molecule has 0 radical (unpaired) electrons. The first-order valence-electron chi connectivity index (χ1n) is 48.6. The van der Waals surface area contributed by atoms with Gasteiger partial charge in [-0.3, -0.25) is 0 Å². The van der Waals surface area contributed by atoms with Crippen molar-refractivity contribution in [3.05, 3.63) is 321 Å². The lowest BCUT2D eigenvalue weighted by molar-refractivity contribution is -0.206. The SMILES string of the molecule is CCCC1CCC(c2ccc(-c3ccc(OCC)c(F)c3F)cc2)OC1.CCCC1COC(c2ccc(-c3ccc(OCC)c(F)c3F)cc2)OC1.CCCc1ccc(-c2ccc(OCC)c(F)c2F)cc1C.CCOc1ccc(-c2ccc(C(F)(F)CC)cc2)c(F)c1F.CCOc1ccc(-c2ccc(C3CCC(C(F)(F)CC)CC3)cc2)c(F)c1F.CCOc1ccc(-c2cccc(C)c2)c(F)c1F. The molecule has 2 heterocycles. The summed E-state index contributed by atoms with van der Waals surface area (Å²) in [5.74, 6) is -16.5. The summed E-state index contributed by atoms with van der Waals surface area (Å²) in [5.41, 5.74) is 10.9. The predicted octanol–water partition coefficient (Wildman–Crippen LogP) is 34.3. The molecule has 141 heavy (non-hydrogen) atoms. The Kier molecular flexibility index (Phi) is 42.5. The highest BCUT2D eigenvalue weighted by molar-refractivity contribution is 5.71. The third-order valence-corrected chi connectivity index (χ3v) is 25.0. The van der Waals surface area contributed by atoms with Crippen molar-refractivity contribution in [3.63, 3.8) is 0 Å². The molecule has 12 aromatic rings. The first-order chi connectivity index (χ1) is 67.7. The molecule has 25 heteroatoms. The van der Waals surface area contributed by atoms with E-state index in [9.17, 15) is 70.2 Å². The summed E-state index contributed by atoms with van der Waals surface area (Å²) in [6.45, 7) is 27.4. The Hall–Kier alpha value is -11.8. The Morgan fingerprint density at radius 2 is 0.631 bits per heavy atom. The summed E-state index contributed by atoms with van der Waals surface area (Å²) in [6.07, 6.45) is 10.6. The fourth-order valence-corrected chi connectivity index (χ4v) is 17.2. The average molecular weight is 1970 g/mol. The number of halogens is 16. The van der Waals surface area contributed by atoms with Gasteiger partial charge in [0.1, 0.15) is 0 Å². The van der Waals surface area contributed by atoms with Crippen LogP contribution >= 0.6 is 0 Å². The third-order valence-electron chi connectivity index (χ3n) is 25.0. The largest absolute Gasteiger partial charge is 0.491 e. The molecule has 0 bridgehead atoms. The number of benzene rings is 12. The number of rotatable bonds is 31. The molecular weight excluding hydrogens is 1840 g/mol. The zero-order valence-corrected chi connectivity index (χ0v) is 82.2. The molecule has 9 nitrogen and oxygen atoms in total. The van der Waals surface area contributed by atoms with Gasteiger partial charge in [-0.2, -0.15) is 26.3 Å². The van der Waals surface area contributed by atoms with E-state index in [1.807, 2.05) is 98.8 Å². The van der Waals surface area contributed by atoms with Crippen molar-refractivity contribution in [1.29, 1.82) is 0 Å². The summed E-state index contributed by atoms with van der Waals surface area (Å²) in [6, 6.07) is 57.9. The van der Waals surface area contributed by atoms with E-state index in [1.165, 1.54) is 124 Å². The van der Waals surface area contributed by atoms with Crippen molar-refractivity contribution < 1.29 is 113 Å². The van der Waals surface area contributed by atoms with E-state index in [2.05, 4.69) is 20.8 Å². The highest BCUT2D eigenvalue weighted by atomic mass is 19.3. The predicted molar refractivity (Wildman–Crippen MR) is 525 cm³/mol. The molecule has 756 valence electrons. The van der Waals surface area contributed by atoms with Gasteiger partial charge in [-0.1, -0.05) is 199 Å². The minimum absolute atomic E-state index is 0.00678. The Morgan fingerprint density at radius 1 is 0.298 bits per heavy atom. The first-order valence-corrected chi connectivity index (χ1v) is 48.6. The molecule has 0 N–H and O–H groups in total. The van der Waals surface area contributed by atoms with Gasteiger partial charge < -0.3 is 42.6 Å². The van der Waals surface area contributed by atoms with Crippen molar-refractivity contribution in [2.24, 2.45) is 17.8 Å². The molecule has 0 aromatic heterocycles. The maximum Gasteiger partial charge on any atom is 0.273 e. The van der Waals surface area contributed by atoms with Crippen LogP contribution in [0.1, 0.15) is 217 Å². The molecule has 0 amide bonds. The van der Waals surface area contributed by atoms with Crippen LogP contribution in [0.3, 0.4) is 0 Å². The summed E-state index contributed by atoms with van der Waals surface area (Å²) in [5, 5.41) is 0. The monoisotopic (exact) mass is 1970 g/mol. The minimum Gasteiger partial charge on any atom is -0.491 e. The van der Waals surface area contributed by atoms with Crippen LogP contribution in [0.5, 0.6) is 34.5 Å². The molecule has 12 aromatic carbocycles. The molecule has 3 fully saturated rings. The van der Waals surface area contributed by atoms with E-state index in [-0.39, 0.29) is 118 Å². The number of hydrogen-bond acceptors (Lipinski definition) is 9. The van der Waals surface area contributed by atoms with Crippen molar-refractivity contribution in [3.8, 4) is 101 Å². The number of alkyl halides is 4. The van der Waals surface area contributed by atoms with Crippen molar-refractivity contribution in [1.82, 2.24) is 0 Å². The Morgan fingerprint density at radius 3 is 0.957 bits per heavy atom. The minimum atomic E-state index is -2.93. The highest BCUT2D eigenvalue weighted by Crippen LogP contribution is 2.46. The van der Waals surface area contributed by atoms with Gasteiger partial charge in [-0.25, -0.2) is 43.9 Å². The van der Waals surface area contributed by atoms with Crippen LogP contribution in [0.2, 0.25) is 0 Å². The molecular formula is C116H126F16O9. The van der Waals surface area contributed by atoms with Gasteiger partial charge >= 0.3 is 0 Å². The topological polar surface area (TPSA) is 83.1 Å². The van der Waals surface area contributed by atoms with Gasteiger partial charge in [0.15, 0.2) is 75.7 Å². The molecule has 2 unspecified atom stereocenters. The lowest BCUT2D eigenvalue weighted by atomic mass is 9.76. The highest BCUT2D eigenvalue weighted by Gasteiger charge is 2.40. The maximum atomic E-state index is 14.4. The summed E-state index contributed by atoms with van der Waals surface area (Å²) in [4.78, 5) is 0. The molecule has 2 saturated heterocycles. The van der Waals surface area contributed by atoms with Crippen LogP contribution in [0.25, 0.3) is 66.8 Å². The molecule has 1 saturated carbocycles. The quantitative estimate of drug-likeness (QED) is 0.0395. The summed E-state index contributed by atoms with van der Waals surface area (Å²) >= 11 is 0. The normalized spacial score (nSPS) is 16.2. The Labute approximate surface area is 818 Å². The van der Waals surface area contributed by atoms with E-state index in [4.69, 9.17) is 42.6 Å². The molecule has 2 atom stereocenters. The van der Waals surface area contributed by atoms with Gasteiger partial charge in [-0.05, 0) is 253 Å². The standard InChI is InChI=1S/C23H26F4O.C22H26F2O2.C21H24F2O3.C18H20F2O.C17H16F4O.C15H14F2O/c1-3-23(26,27)18-11-9-16(10-12-18)15-5-7-17(8-6-15)19-13-14-20(28-4-2)22(25)21(19)24;1-3-5-15-6-12-19(26-14-15)17-9-7-16(8-10-17)18-11-13-20(25-4-2)22(24)21(18)23;1-3-5-14-12-25-21(26-13-14)16-8-6-15(7-9-16)17-10-11-18(24-4-2)20(23)19(17)22;1-4-6-13-7-8-14(11-12(13)3)15-9-10-16(21-5-2)18(20)17(15)19;1-3-17(20,21)12-7-5-11(6-8-12)13-9-10-14(22-4-2)16(19)15(13)18;1-3-18-13-8-7-12(14(16)15(13)17)11-6-4-5-10(2)9-11/h5-8,13-14,16,18H,3-4,9-12H2,1-2H3;7-11,13,15,19H,3-6,12,14H2,1-2H3;6-11,14,21H,3-5,12-13H2,1-2H3;7-11H,4-6H2,1-3H3;5-10H,3-4H2,1-2H3;4-9H,3H2,1-2H3. The van der Waals surface area contributed by atoms with Crippen LogP contribution in [0.15, 0.2) is 212 Å². The van der Waals surface area contributed by atoms with Gasteiger partial charge in [0.05, 0.1) is 65.6 Å². The van der Waals surface area contributed by atoms with E-state index in [1.54, 1.807) is 84.0 Å². The molecule has 15 rings (SSSR count). The van der Waals surface area contributed by atoms with Crippen molar-refractivity contribution >= 4 is 0 Å².